The van der Waals surface area contributed by atoms with Crippen molar-refractivity contribution in [2.45, 2.75) is 38.9 Å². The zero-order valence-electron chi connectivity index (χ0n) is 15.6. The van der Waals surface area contributed by atoms with E-state index in [1.807, 2.05) is 42.5 Å². The average molecular weight is 336 g/mol. The topological polar surface area (TPSA) is 27.7 Å². The minimum Gasteiger partial charge on any atom is -0.497 e. The number of hydrogen-bond donors (Lipinski definition) is 0. The summed E-state index contributed by atoms with van der Waals surface area (Å²) >= 11 is 0. The first-order valence-corrected chi connectivity index (χ1v) is 8.59. The third-order valence-corrected chi connectivity index (χ3v) is 5.05. The van der Waals surface area contributed by atoms with E-state index in [0.717, 1.165) is 22.3 Å². The van der Waals surface area contributed by atoms with Gasteiger partial charge in [-0.3, -0.25) is 0 Å². The highest BCUT2D eigenvalue weighted by Crippen LogP contribution is 2.41. The Morgan fingerprint density at radius 3 is 1.96 bits per heavy atom. The van der Waals surface area contributed by atoms with Gasteiger partial charge < -0.3 is 14.0 Å². The quantitative estimate of drug-likeness (QED) is 0.589. The predicted molar refractivity (Wildman–Crippen MR) is 103 cm³/mol. The summed E-state index contributed by atoms with van der Waals surface area (Å²) in [4.78, 5) is 0. The molecule has 3 rings (SSSR count). The molecule has 130 valence electrons. The van der Waals surface area contributed by atoms with Gasteiger partial charge in [0, 0.05) is 0 Å². The molecule has 0 spiro atoms. The van der Waals surface area contributed by atoms with Crippen LogP contribution < -0.4 is 4.74 Å². The van der Waals surface area contributed by atoms with E-state index in [-0.39, 0.29) is 11.2 Å². The molecule has 1 aliphatic rings. The standard InChI is InChI=1S/C21H25BO3/c1-20(2)21(3,4)25-22(24-20)19(15-16-9-7-6-8-10-16)17-11-13-18(23-5)14-12-17/h6-15H,1-5H3/b19-15-. The fraction of sp³-hybridized carbons (Fsp3) is 0.333. The molecule has 1 aliphatic heterocycles. The number of methoxy groups -OCH3 is 1. The van der Waals surface area contributed by atoms with E-state index in [2.05, 4.69) is 45.9 Å². The van der Waals surface area contributed by atoms with E-state index >= 15 is 0 Å². The summed E-state index contributed by atoms with van der Waals surface area (Å²) in [6.45, 7) is 8.28. The maximum Gasteiger partial charge on any atom is 0.495 e. The molecule has 2 aromatic carbocycles. The van der Waals surface area contributed by atoms with Crippen LogP contribution in [0.1, 0.15) is 38.8 Å². The van der Waals surface area contributed by atoms with Gasteiger partial charge in [0.15, 0.2) is 0 Å². The van der Waals surface area contributed by atoms with Gasteiger partial charge in [-0.25, -0.2) is 0 Å². The van der Waals surface area contributed by atoms with E-state index in [1.54, 1.807) is 7.11 Å². The summed E-state index contributed by atoms with van der Waals surface area (Å²) < 4.78 is 17.9. The van der Waals surface area contributed by atoms with Crippen LogP contribution >= 0.6 is 0 Å². The summed E-state index contributed by atoms with van der Waals surface area (Å²) in [6, 6.07) is 18.2. The highest BCUT2D eigenvalue weighted by Gasteiger charge is 2.52. The summed E-state index contributed by atoms with van der Waals surface area (Å²) in [5, 5.41) is 0. The van der Waals surface area contributed by atoms with Gasteiger partial charge in [-0.2, -0.15) is 0 Å². The lowest BCUT2D eigenvalue weighted by molar-refractivity contribution is 0.00578. The van der Waals surface area contributed by atoms with Crippen LogP contribution in [0.3, 0.4) is 0 Å². The van der Waals surface area contributed by atoms with Crippen molar-refractivity contribution in [3.05, 3.63) is 65.7 Å². The first kappa shape index (κ1) is 17.8. The van der Waals surface area contributed by atoms with Crippen LogP contribution in [0.25, 0.3) is 11.5 Å². The molecule has 0 aromatic heterocycles. The molecule has 2 aromatic rings. The van der Waals surface area contributed by atoms with Crippen LogP contribution in [0, 0.1) is 0 Å². The Hall–Kier alpha value is -2.04. The lowest BCUT2D eigenvalue weighted by Gasteiger charge is -2.32. The van der Waals surface area contributed by atoms with Crippen molar-refractivity contribution < 1.29 is 14.0 Å². The average Bonchev–Trinajstić information content (AvgIpc) is 2.81. The van der Waals surface area contributed by atoms with Crippen LogP contribution in [0.2, 0.25) is 0 Å². The minimum absolute atomic E-state index is 0.375. The van der Waals surface area contributed by atoms with Gasteiger partial charge in [0.25, 0.3) is 0 Å². The summed E-state index contributed by atoms with van der Waals surface area (Å²) in [5.74, 6) is 0.830. The van der Waals surface area contributed by atoms with Gasteiger partial charge in [-0.05, 0) is 56.4 Å². The number of benzene rings is 2. The largest absolute Gasteiger partial charge is 0.497 e. The Labute approximate surface area is 150 Å². The molecule has 1 fully saturated rings. The van der Waals surface area contributed by atoms with Crippen molar-refractivity contribution in [2.24, 2.45) is 0 Å². The van der Waals surface area contributed by atoms with Gasteiger partial charge in [-0.1, -0.05) is 48.5 Å². The molecular formula is C21H25BO3. The molecule has 0 aliphatic carbocycles. The molecule has 0 saturated carbocycles. The number of hydrogen-bond acceptors (Lipinski definition) is 3. The van der Waals surface area contributed by atoms with Crippen LogP contribution in [0.4, 0.5) is 0 Å². The van der Waals surface area contributed by atoms with E-state index in [4.69, 9.17) is 14.0 Å². The van der Waals surface area contributed by atoms with Gasteiger partial charge in [-0.15, -0.1) is 0 Å². The fourth-order valence-corrected chi connectivity index (χ4v) is 2.77. The molecule has 3 nitrogen and oxygen atoms in total. The van der Waals surface area contributed by atoms with Crippen molar-refractivity contribution in [3.63, 3.8) is 0 Å². The summed E-state index contributed by atoms with van der Waals surface area (Å²) in [7, 11) is 1.25. The lowest BCUT2D eigenvalue weighted by Crippen LogP contribution is -2.41. The highest BCUT2D eigenvalue weighted by atomic mass is 16.7. The molecule has 0 amide bonds. The monoisotopic (exact) mass is 336 g/mol. The molecule has 0 atom stereocenters. The molecule has 0 bridgehead atoms. The fourth-order valence-electron chi connectivity index (χ4n) is 2.77. The Bertz CT molecular complexity index is 732. The third kappa shape index (κ3) is 3.65. The van der Waals surface area contributed by atoms with Gasteiger partial charge in [0.1, 0.15) is 5.75 Å². The van der Waals surface area contributed by atoms with Crippen molar-refractivity contribution >= 4 is 18.7 Å². The second-order valence-corrected chi connectivity index (χ2v) is 7.33. The maximum atomic E-state index is 6.29. The third-order valence-electron chi connectivity index (χ3n) is 5.05. The summed E-state index contributed by atoms with van der Waals surface area (Å²) in [6.07, 6.45) is 2.13. The predicted octanol–water partition coefficient (Wildman–Crippen LogP) is 4.87. The van der Waals surface area contributed by atoms with E-state index in [1.165, 1.54) is 0 Å². The molecule has 0 N–H and O–H groups in total. The second kappa shape index (κ2) is 6.70. The molecule has 0 unspecified atom stereocenters. The smallest absolute Gasteiger partial charge is 0.495 e. The van der Waals surface area contributed by atoms with E-state index in [9.17, 15) is 0 Å². The molecule has 4 heteroatoms. The second-order valence-electron chi connectivity index (χ2n) is 7.33. The molecule has 1 saturated heterocycles. The normalized spacial score (nSPS) is 19.1. The first-order valence-electron chi connectivity index (χ1n) is 8.59. The minimum atomic E-state index is -0.418. The zero-order valence-corrected chi connectivity index (χ0v) is 15.6. The molecule has 0 radical (unpaired) electrons. The van der Waals surface area contributed by atoms with E-state index < -0.39 is 7.12 Å². The van der Waals surface area contributed by atoms with Crippen LogP contribution in [0.15, 0.2) is 54.6 Å². The lowest BCUT2D eigenvalue weighted by atomic mass is 9.73. The van der Waals surface area contributed by atoms with Gasteiger partial charge in [0.05, 0.1) is 18.3 Å². The maximum absolute atomic E-state index is 6.29. The Kier molecular flexibility index (Phi) is 4.76. The van der Waals surface area contributed by atoms with Crippen LogP contribution in [-0.2, 0) is 9.31 Å². The van der Waals surface area contributed by atoms with Crippen molar-refractivity contribution in [2.75, 3.05) is 7.11 Å². The molecule has 1 heterocycles. The Morgan fingerprint density at radius 1 is 0.880 bits per heavy atom. The van der Waals surface area contributed by atoms with Gasteiger partial charge in [0.2, 0.25) is 0 Å². The van der Waals surface area contributed by atoms with E-state index in [0.29, 0.717) is 0 Å². The van der Waals surface area contributed by atoms with Crippen molar-refractivity contribution in [1.29, 1.82) is 0 Å². The zero-order chi connectivity index (χ0) is 18.1. The number of ether oxygens (including phenoxy) is 1. The van der Waals surface area contributed by atoms with Crippen LogP contribution in [0.5, 0.6) is 5.75 Å². The molecule has 25 heavy (non-hydrogen) atoms. The summed E-state index contributed by atoms with van der Waals surface area (Å²) in [5.41, 5.74) is 2.43. The van der Waals surface area contributed by atoms with Gasteiger partial charge >= 0.3 is 7.12 Å². The number of rotatable bonds is 4. The highest BCUT2D eigenvalue weighted by molar-refractivity contribution is 6.70. The molecular weight excluding hydrogens is 311 g/mol. The van der Waals surface area contributed by atoms with Crippen molar-refractivity contribution in [1.82, 2.24) is 0 Å². The Morgan fingerprint density at radius 2 is 1.44 bits per heavy atom. The van der Waals surface area contributed by atoms with Crippen molar-refractivity contribution in [3.8, 4) is 5.75 Å². The SMILES string of the molecule is COc1ccc(/C(=C/c2ccccc2)B2OC(C)(C)C(C)(C)O2)cc1. The van der Waals surface area contributed by atoms with Crippen LogP contribution in [-0.4, -0.2) is 25.4 Å². The first-order chi connectivity index (χ1) is 11.8. The Balaban J connectivity index is 2.02.